The molecule has 1 heterocycles. The first-order valence-electron chi connectivity index (χ1n) is 5.60. The molecule has 6 nitrogen and oxygen atoms in total. The largest absolute Gasteiger partial charge is 0.494 e. The van der Waals surface area contributed by atoms with Gasteiger partial charge in [0.25, 0.3) is 14.2 Å². The van der Waals surface area contributed by atoms with Gasteiger partial charge in [-0.05, 0) is 25.1 Å². The van der Waals surface area contributed by atoms with Crippen LogP contribution in [0.2, 0.25) is 0 Å². The maximum Gasteiger partial charge on any atom is 0.296 e. The molecule has 0 spiro atoms. The maximum atomic E-state index is 13.7. The van der Waals surface area contributed by atoms with E-state index in [1.54, 1.807) is 13.0 Å². The topological polar surface area (TPSA) is 74.1 Å². The molecule has 0 aliphatic rings. The first-order valence-corrected chi connectivity index (χ1v) is 7.91. The molecule has 108 valence electrons. The summed E-state index contributed by atoms with van der Waals surface area (Å²) in [5, 5.41) is 6.94. The van der Waals surface area contributed by atoms with Gasteiger partial charge in [-0.15, -0.1) is 10.2 Å². The molecule has 0 N–H and O–H groups in total. The van der Waals surface area contributed by atoms with E-state index in [1.807, 2.05) is 0 Å². The average molecular weight is 320 g/mol. The summed E-state index contributed by atoms with van der Waals surface area (Å²) in [5.74, 6) is -0.277. The van der Waals surface area contributed by atoms with Crippen LogP contribution in [0.1, 0.15) is 6.92 Å². The quantitative estimate of drug-likeness (QED) is 0.806. The van der Waals surface area contributed by atoms with Crippen LogP contribution in [0.4, 0.5) is 4.39 Å². The lowest BCUT2D eigenvalue weighted by Gasteiger charge is -2.07. The second kappa shape index (κ2) is 5.37. The number of ether oxygens (including phenoxy) is 1. The van der Waals surface area contributed by atoms with E-state index in [2.05, 4.69) is 10.2 Å². The first kappa shape index (κ1) is 14.7. The number of hydrogen-bond acceptors (Lipinski definition) is 5. The normalized spacial score (nSPS) is 11.6. The average Bonchev–Trinajstić information content (AvgIpc) is 2.82. The highest BCUT2D eigenvalue weighted by molar-refractivity contribution is 8.13. The Morgan fingerprint density at radius 2 is 2.10 bits per heavy atom. The van der Waals surface area contributed by atoms with Crippen molar-refractivity contribution in [2.75, 3.05) is 7.11 Å². The third-order valence-electron chi connectivity index (χ3n) is 2.66. The minimum atomic E-state index is -4.01. The number of rotatable bonds is 4. The van der Waals surface area contributed by atoms with Gasteiger partial charge in [0.15, 0.2) is 17.4 Å². The van der Waals surface area contributed by atoms with E-state index in [4.69, 9.17) is 15.4 Å². The number of methoxy groups -OCH3 is 1. The van der Waals surface area contributed by atoms with Gasteiger partial charge in [-0.2, -0.15) is 0 Å². The van der Waals surface area contributed by atoms with E-state index in [0.29, 0.717) is 5.56 Å². The summed E-state index contributed by atoms with van der Waals surface area (Å²) < 4.78 is 42.5. The van der Waals surface area contributed by atoms with Crippen LogP contribution in [-0.4, -0.2) is 30.3 Å². The Kier molecular flexibility index (Phi) is 3.96. The minimum absolute atomic E-state index is 0.0847. The molecule has 0 aliphatic heterocycles. The second-order valence-corrected chi connectivity index (χ2v) is 6.30. The Morgan fingerprint density at radius 3 is 2.60 bits per heavy atom. The SMILES string of the molecule is CCn1c(-c2ccc(OC)c(F)c2)nnc1S(=O)(=O)Cl. The third-order valence-corrected chi connectivity index (χ3v) is 3.81. The summed E-state index contributed by atoms with van der Waals surface area (Å²) in [5.41, 5.74) is 0.379. The van der Waals surface area contributed by atoms with E-state index in [9.17, 15) is 12.8 Å². The van der Waals surface area contributed by atoms with Gasteiger partial charge in [-0.1, -0.05) is 0 Å². The molecule has 2 rings (SSSR count). The second-order valence-electron chi connectivity index (χ2n) is 3.84. The molecule has 9 heteroatoms. The third kappa shape index (κ3) is 2.61. The van der Waals surface area contributed by atoms with Crippen LogP contribution in [-0.2, 0) is 15.6 Å². The molecule has 1 aromatic heterocycles. The van der Waals surface area contributed by atoms with E-state index >= 15 is 0 Å². The molecular weight excluding hydrogens is 309 g/mol. The van der Waals surface area contributed by atoms with Crippen molar-refractivity contribution in [3.8, 4) is 17.1 Å². The Labute approximate surface area is 119 Å². The molecule has 1 aromatic carbocycles. The molecule has 0 saturated carbocycles. The van der Waals surface area contributed by atoms with Crippen molar-refractivity contribution in [2.24, 2.45) is 0 Å². The van der Waals surface area contributed by atoms with Gasteiger partial charge in [0.2, 0.25) is 0 Å². The summed E-state index contributed by atoms with van der Waals surface area (Å²) in [4.78, 5) is 0. The Hall–Kier alpha value is -1.67. The van der Waals surface area contributed by atoms with Crippen LogP contribution in [0.25, 0.3) is 11.4 Å². The number of nitrogens with zero attached hydrogens (tertiary/aromatic N) is 3. The summed E-state index contributed by atoms with van der Waals surface area (Å²) >= 11 is 0. The maximum absolute atomic E-state index is 13.7. The summed E-state index contributed by atoms with van der Waals surface area (Å²) in [7, 11) is 2.62. The lowest BCUT2D eigenvalue weighted by molar-refractivity contribution is 0.386. The molecule has 20 heavy (non-hydrogen) atoms. The van der Waals surface area contributed by atoms with Gasteiger partial charge in [-0.25, -0.2) is 12.8 Å². The van der Waals surface area contributed by atoms with E-state index in [-0.39, 0.29) is 23.3 Å². The molecular formula is C11H11ClFN3O3S. The lowest BCUT2D eigenvalue weighted by Crippen LogP contribution is -2.06. The number of benzene rings is 1. The number of aromatic nitrogens is 3. The Bertz CT molecular complexity index is 745. The van der Waals surface area contributed by atoms with Crippen LogP contribution in [0.15, 0.2) is 23.4 Å². The van der Waals surface area contributed by atoms with Gasteiger partial charge < -0.3 is 4.74 Å². The molecule has 2 aromatic rings. The van der Waals surface area contributed by atoms with Crippen LogP contribution in [0, 0.1) is 5.82 Å². The highest BCUT2D eigenvalue weighted by Gasteiger charge is 2.22. The van der Waals surface area contributed by atoms with Crippen molar-refractivity contribution < 1.29 is 17.5 Å². The van der Waals surface area contributed by atoms with Crippen molar-refractivity contribution >= 4 is 19.7 Å². The van der Waals surface area contributed by atoms with Crippen molar-refractivity contribution in [1.29, 1.82) is 0 Å². The fraction of sp³-hybridized carbons (Fsp3) is 0.273. The van der Waals surface area contributed by atoms with Crippen molar-refractivity contribution in [2.45, 2.75) is 18.6 Å². The summed E-state index contributed by atoms with van der Waals surface area (Å²) in [6.07, 6.45) is 0. The van der Waals surface area contributed by atoms with E-state index in [0.717, 1.165) is 0 Å². The molecule has 0 aliphatic carbocycles. The van der Waals surface area contributed by atoms with Crippen molar-refractivity contribution in [1.82, 2.24) is 14.8 Å². The number of hydrogen-bond donors (Lipinski definition) is 0. The van der Waals surface area contributed by atoms with Crippen molar-refractivity contribution in [3.63, 3.8) is 0 Å². The molecule has 0 fully saturated rings. The predicted molar refractivity (Wildman–Crippen MR) is 70.7 cm³/mol. The molecule has 0 radical (unpaired) electrons. The lowest BCUT2D eigenvalue weighted by atomic mass is 10.2. The zero-order valence-electron chi connectivity index (χ0n) is 10.7. The summed E-state index contributed by atoms with van der Waals surface area (Å²) in [6, 6.07) is 4.18. The predicted octanol–water partition coefficient (Wildman–Crippen LogP) is 2.04. The van der Waals surface area contributed by atoms with Crippen LogP contribution in [0.5, 0.6) is 5.75 Å². The van der Waals surface area contributed by atoms with Gasteiger partial charge in [0.1, 0.15) is 0 Å². The number of halogens is 2. The fourth-order valence-corrected chi connectivity index (χ4v) is 2.73. The monoisotopic (exact) mass is 319 g/mol. The van der Waals surface area contributed by atoms with Crippen molar-refractivity contribution in [3.05, 3.63) is 24.0 Å². The molecule has 0 amide bonds. The van der Waals surface area contributed by atoms with Gasteiger partial charge >= 0.3 is 0 Å². The Balaban J connectivity index is 2.59. The Morgan fingerprint density at radius 1 is 1.40 bits per heavy atom. The standard InChI is InChI=1S/C11H11ClFN3O3S/c1-3-16-10(14-15-11(16)20(12,17)18)7-4-5-9(19-2)8(13)6-7/h4-6H,3H2,1-2H3. The van der Waals surface area contributed by atoms with E-state index in [1.165, 1.54) is 23.8 Å². The smallest absolute Gasteiger partial charge is 0.296 e. The first-order chi connectivity index (χ1) is 9.38. The van der Waals surface area contributed by atoms with Gasteiger partial charge in [0, 0.05) is 22.8 Å². The molecule has 0 saturated heterocycles. The van der Waals surface area contributed by atoms with E-state index < -0.39 is 14.9 Å². The highest BCUT2D eigenvalue weighted by Crippen LogP contribution is 2.26. The van der Waals surface area contributed by atoms with Crippen LogP contribution in [0.3, 0.4) is 0 Å². The molecule has 0 unspecified atom stereocenters. The molecule has 0 atom stereocenters. The van der Waals surface area contributed by atoms with Gasteiger partial charge in [-0.3, -0.25) is 4.57 Å². The highest BCUT2D eigenvalue weighted by atomic mass is 35.7. The van der Waals surface area contributed by atoms with Gasteiger partial charge in [0.05, 0.1) is 7.11 Å². The summed E-state index contributed by atoms with van der Waals surface area (Å²) in [6.45, 7) is 1.98. The molecule has 0 bridgehead atoms. The zero-order valence-corrected chi connectivity index (χ0v) is 12.2. The minimum Gasteiger partial charge on any atom is -0.494 e. The van der Waals surface area contributed by atoms with Crippen LogP contribution >= 0.6 is 10.7 Å². The zero-order chi connectivity index (χ0) is 14.9. The fourth-order valence-electron chi connectivity index (χ4n) is 1.77. The van der Waals surface area contributed by atoms with Crippen LogP contribution < -0.4 is 4.74 Å².